The number of rotatable bonds is 4. The van der Waals surface area contributed by atoms with E-state index < -0.39 is 26.5 Å². The molecule has 94 valence electrons. The van der Waals surface area contributed by atoms with E-state index in [1.54, 1.807) is 6.92 Å². The molecule has 0 aromatic rings. The van der Waals surface area contributed by atoms with Crippen LogP contribution in [0.15, 0.2) is 0 Å². The highest BCUT2D eigenvalue weighted by molar-refractivity contribution is 7.92. The third-order valence-electron chi connectivity index (χ3n) is 2.76. The fourth-order valence-corrected chi connectivity index (χ4v) is 1.57. The van der Waals surface area contributed by atoms with Gasteiger partial charge in [0.05, 0.1) is 11.0 Å². The van der Waals surface area contributed by atoms with Crippen molar-refractivity contribution in [3.05, 3.63) is 0 Å². The van der Waals surface area contributed by atoms with Crippen LogP contribution in [0, 0.1) is 0 Å². The molecule has 0 aliphatic rings. The minimum Gasteiger partial charge on any atom is -0.392 e. The van der Waals surface area contributed by atoms with E-state index in [1.165, 1.54) is 25.8 Å². The Labute approximate surface area is 102 Å². The van der Waals surface area contributed by atoms with Gasteiger partial charge in [-0.05, 0) is 20.8 Å². The Kier molecular flexibility index (Phi) is 4.46. The van der Waals surface area contributed by atoms with Crippen LogP contribution < -0.4 is 5.73 Å². The van der Waals surface area contributed by atoms with Crippen LogP contribution in [0.4, 0.5) is 0 Å². The van der Waals surface area contributed by atoms with Crippen molar-refractivity contribution in [2.45, 2.75) is 31.6 Å². The maximum absolute atomic E-state index is 12.0. The smallest absolute Gasteiger partial charge is 0.243 e. The van der Waals surface area contributed by atoms with E-state index in [1.807, 2.05) is 0 Å². The quantitative estimate of drug-likeness (QED) is 0.721. The van der Waals surface area contributed by atoms with Crippen molar-refractivity contribution >= 4 is 33.0 Å². The van der Waals surface area contributed by atoms with E-state index in [0.29, 0.717) is 0 Å². The molecule has 0 bridgehead atoms. The molecule has 1 amide bonds. The first-order valence-electron chi connectivity index (χ1n) is 4.69. The number of hydrogen-bond donors (Lipinski definition) is 1. The average Bonchev–Trinajstić information content (AvgIpc) is 2.12. The molecule has 2 N–H and O–H groups in total. The second-order valence-corrected chi connectivity index (χ2v) is 7.31. The molecular weight excluding hydrogens is 248 g/mol. The average molecular weight is 266 g/mol. The van der Waals surface area contributed by atoms with Gasteiger partial charge in [0, 0.05) is 13.3 Å². The predicted molar refractivity (Wildman–Crippen MR) is 67.9 cm³/mol. The van der Waals surface area contributed by atoms with Crippen molar-refractivity contribution in [1.29, 1.82) is 0 Å². The zero-order valence-electron chi connectivity index (χ0n) is 10.1. The summed E-state index contributed by atoms with van der Waals surface area (Å²) >= 11 is 4.76. The van der Waals surface area contributed by atoms with Gasteiger partial charge in [-0.3, -0.25) is 4.79 Å². The third kappa shape index (κ3) is 2.91. The van der Waals surface area contributed by atoms with Gasteiger partial charge in [-0.2, -0.15) is 0 Å². The Morgan fingerprint density at radius 1 is 1.44 bits per heavy atom. The topological polar surface area (TPSA) is 80.5 Å². The molecule has 1 atom stereocenters. The Balaban J connectivity index is 5.17. The molecule has 0 saturated heterocycles. The molecule has 0 spiro atoms. The third-order valence-corrected chi connectivity index (χ3v) is 5.12. The van der Waals surface area contributed by atoms with E-state index >= 15 is 0 Å². The summed E-state index contributed by atoms with van der Waals surface area (Å²) in [4.78, 5) is 13.4. The van der Waals surface area contributed by atoms with Crippen LogP contribution in [-0.4, -0.2) is 48.3 Å². The number of sulfone groups is 1. The highest BCUT2D eigenvalue weighted by Crippen LogP contribution is 2.19. The Bertz CT molecular complexity index is 401. The highest BCUT2D eigenvalue weighted by Gasteiger charge is 2.41. The van der Waals surface area contributed by atoms with E-state index in [-0.39, 0.29) is 4.99 Å². The highest BCUT2D eigenvalue weighted by atomic mass is 32.2. The fraction of sp³-hybridized carbons (Fsp3) is 0.778. The number of hydrogen-bond acceptors (Lipinski definition) is 4. The van der Waals surface area contributed by atoms with E-state index in [9.17, 15) is 13.2 Å². The first-order valence-corrected chi connectivity index (χ1v) is 6.99. The van der Waals surface area contributed by atoms with Crippen LogP contribution in [0.25, 0.3) is 0 Å². The lowest BCUT2D eigenvalue weighted by atomic mass is 10.1. The summed E-state index contributed by atoms with van der Waals surface area (Å²) < 4.78 is 21.5. The summed E-state index contributed by atoms with van der Waals surface area (Å²) in [5, 5.41) is 0. The molecule has 0 radical (unpaired) electrons. The Morgan fingerprint density at radius 2 is 1.81 bits per heavy atom. The Hall–Kier alpha value is -0.690. The van der Waals surface area contributed by atoms with Crippen LogP contribution in [0.1, 0.15) is 20.8 Å². The van der Waals surface area contributed by atoms with Crippen LogP contribution in [0.3, 0.4) is 0 Å². The summed E-state index contributed by atoms with van der Waals surface area (Å²) in [6.07, 6.45) is 1.03. The first kappa shape index (κ1) is 15.3. The SMILES string of the molecule is CC(C(N)=S)N(C)C(=O)C(C)(C)S(C)(=O)=O. The van der Waals surface area contributed by atoms with Crippen molar-refractivity contribution in [2.24, 2.45) is 5.73 Å². The second kappa shape index (κ2) is 4.67. The summed E-state index contributed by atoms with van der Waals surface area (Å²) in [5.74, 6) is -0.518. The standard InChI is InChI=1S/C9H18N2O3S2/c1-6(7(10)15)11(4)8(12)9(2,3)16(5,13)14/h6H,1-5H3,(H2,10,15). The number of nitrogens with two attached hydrogens (primary N) is 1. The van der Waals surface area contributed by atoms with Gasteiger partial charge < -0.3 is 10.6 Å². The second-order valence-electron chi connectivity index (χ2n) is 4.28. The Morgan fingerprint density at radius 3 is 2.06 bits per heavy atom. The zero-order valence-corrected chi connectivity index (χ0v) is 11.8. The molecule has 5 nitrogen and oxygen atoms in total. The van der Waals surface area contributed by atoms with Crippen LogP contribution in [0.2, 0.25) is 0 Å². The molecule has 0 aliphatic carbocycles. The molecular formula is C9H18N2O3S2. The van der Waals surface area contributed by atoms with Crippen molar-refractivity contribution in [3.63, 3.8) is 0 Å². The van der Waals surface area contributed by atoms with Crippen LogP contribution in [0.5, 0.6) is 0 Å². The maximum atomic E-state index is 12.0. The van der Waals surface area contributed by atoms with Crippen LogP contribution >= 0.6 is 12.2 Å². The summed E-state index contributed by atoms with van der Waals surface area (Å²) in [6, 6.07) is -0.469. The van der Waals surface area contributed by atoms with Crippen LogP contribution in [-0.2, 0) is 14.6 Å². The summed E-state index contributed by atoms with van der Waals surface area (Å²) in [5.41, 5.74) is 5.42. The number of likely N-dealkylation sites (N-methyl/N-ethyl adjacent to an activating group) is 1. The molecule has 0 aliphatic heterocycles. The minimum atomic E-state index is -3.48. The van der Waals surface area contributed by atoms with E-state index in [0.717, 1.165) is 6.26 Å². The van der Waals surface area contributed by atoms with Gasteiger partial charge in [0.25, 0.3) is 0 Å². The van der Waals surface area contributed by atoms with Gasteiger partial charge in [-0.15, -0.1) is 0 Å². The normalized spacial score (nSPS) is 14.3. The van der Waals surface area contributed by atoms with Crippen molar-refractivity contribution < 1.29 is 13.2 Å². The molecule has 1 unspecified atom stereocenters. The van der Waals surface area contributed by atoms with Gasteiger partial charge in [0.15, 0.2) is 9.84 Å². The molecule has 0 heterocycles. The van der Waals surface area contributed by atoms with E-state index in [2.05, 4.69) is 0 Å². The number of nitrogens with zero attached hydrogens (tertiary/aromatic N) is 1. The maximum Gasteiger partial charge on any atom is 0.243 e. The van der Waals surface area contributed by atoms with Gasteiger partial charge in [0.2, 0.25) is 5.91 Å². The number of amides is 1. The molecule has 0 aromatic carbocycles. The van der Waals surface area contributed by atoms with Gasteiger partial charge in [-0.25, -0.2) is 8.42 Å². The molecule has 16 heavy (non-hydrogen) atoms. The summed E-state index contributed by atoms with van der Waals surface area (Å²) in [6.45, 7) is 4.39. The van der Waals surface area contributed by atoms with Crippen molar-refractivity contribution in [1.82, 2.24) is 4.90 Å². The molecule has 0 fully saturated rings. The lowest BCUT2D eigenvalue weighted by molar-refractivity contribution is -0.132. The molecule has 0 saturated carbocycles. The van der Waals surface area contributed by atoms with Crippen molar-refractivity contribution in [3.8, 4) is 0 Å². The monoisotopic (exact) mass is 266 g/mol. The molecule has 7 heteroatoms. The fourth-order valence-electron chi connectivity index (χ4n) is 0.950. The van der Waals surface area contributed by atoms with Gasteiger partial charge in [0.1, 0.15) is 4.75 Å². The predicted octanol–water partition coefficient (Wildman–Crippen LogP) is -0.0574. The molecule has 0 aromatic heterocycles. The largest absolute Gasteiger partial charge is 0.392 e. The first-order chi connectivity index (χ1) is 6.93. The van der Waals surface area contributed by atoms with Gasteiger partial charge >= 0.3 is 0 Å². The number of carbonyl (C=O) groups is 1. The van der Waals surface area contributed by atoms with Gasteiger partial charge in [-0.1, -0.05) is 12.2 Å². The number of thiocarbonyl (C=S) groups is 1. The lowest BCUT2D eigenvalue weighted by Gasteiger charge is -2.31. The van der Waals surface area contributed by atoms with Crippen molar-refractivity contribution in [2.75, 3.05) is 13.3 Å². The van der Waals surface area contributed by atoms with E-state index in [4.69, 9.17) is 18.0 Å². The number of carbonyl (C=O) groups excluding carboxylic acids is 1. The zero-order chi connectivity index (χ0) is 13.3. The molecule has 0 rings (SSSR count). The lowest BCUT2D eigenvalue weighted by Crippen LogP contribution is -2.53. The summed E-state index contributed by atoms with van der Waals surface area (Å²) in [7, 11) is -2.00. The minimum absolute atomic E-state index is 0.153.